The number of amides is 1. The molecule has 7 nitrogen and oxygen atoms in total. The zero-order valence-electron chi connectivity index (χ0n) is 18.6. The summed E-state index contributed by atoms with van der Waals surface area (Å²) in [7, 11) is -1.83. The fourth-order valence-electron chi connectivity index (χ4n) is 4.47. The summed E-state index contributed by atoms with van der Waals surface area (Å²) in [6.45, 7) is 2.84. The topological polar surface area (TPSA) is 88.7 Å². The number of aromatic amines is 1. The number of nitrogens with zero attached hydrogens (tertiary/aromatic N) is 1. The highest BCUT2D eigenvalue weighted by Gasteiger charge is 2.34. The van der Waals surface area contributed by atoms with Gasteiger partial charge < -0.3 is 19.4 Å². The highest BCUT2D eigenvalue weighted by molar-refractivity contribution is 7.91. The standard InChI is InChI=1S/C24H28N2O5S/c1-4-31-23-13-19-16(12-22(23)30-2)9-10-26(24(27)15-32(3,28)29)21(19)11-17-14-25-20-8-6-5-7-18(17)20/h5-8,12-14,21,25H,4,9-11,15H2,1-3H3/t21-/m1/s1. The Morgan fingerprint density at radius 2 is 2.00 bits per heavy atom. The highest BCUT2D eigenvalue weighted by Crippen LogP contribution is 2.40. The second-order valence-electron chi connectivity index (χ2n) is 8.12. The summed E-state index contributed by atoms with van der Waals surface area (Å²) in [6, 6.07) is 11.6. The van der Waals surface area contributed by atoms with Crippen molar-refractivity contribution >= 4 is 26.6 Å². The molecule has 1 amide bonds. The van der Waals surface area contributed by atoms with Crippen molar-refractivity contribution in [2.75, 3.05) is 32.3 Å². The molecule has 1 aliphatic rings. The lowest BCUT2D eigenvalue weighted by molar-refractivity contribution is -0.131. The molecule has 1 atom stereocenters. The van der Waals surface area contributed by atoms with Gasteiger partial charge in [-0.1, -0.05) is 18.2 Å². The number of hydrogen-bond donors (Lipinski definition) is 1. The number of para-hydroxylation sites is 1. The van der Waals surface area contributed by atoms with E-state index in [1.807, 2.05) is 49.5 Å². The van der Waals surface area contributed by atoms with E-state index in [0.717, 1.165) is 33.8 Å². The molecule has 0 saturated carbocycles. The van der Waals surface area contributed by atoms with Crippen molar-refractivity contribution in [2.45, 2.75) is 25.8 Å². The molecule has 0 unspecified atom stereocenters. The fourth-order valence-corrected chi connectivity index (χ4v) is 5.09. The third kappa shape index (κ3) is 4.46. The number of sulfone groups is 1. The molecule has 0 aliphatic carbocycles. The van der Waals surface area contributed by atoms with Crippen molar-refractivity contribution in [3.05, 3.63) is 59.3 Å². The quantitative estimate of drug-likeness (QED) is 0.589. The number of nitrogens with one attached hydrogen (secondary N) is 1. The number of carbonyl (C=O) groups is 1. The van der Waals surface area contributed by atoms with E-state index in [2.05, 4.69) is 4.98 Å². The van der Waals surface area contributed by atoms with Crippen LogP contribution >= 0.6 is 0 Å². The van der Waals surface area contributed by atoms with Crippen molar-refractivity contribution in [3.8, 4) is 11.5 Å². The van der Waals surface area contributed by atoms with Crippen LogP contribution in [0.5, 0.6) is 11.5 Å². The van der Waals surface area contributed by atoms with Crippen LogP contribution in [0, 0.1) is 0 Å². The normalized spacial score (nSPS) is 16.1. The number of ether oxygens (including phenoxy) is 2. The molecule has 0 fully saturated rings. The van der Waals surface area contributed by atoms with E-state index in [4.69, 9.17) is 9.47 Å². The van der Waals surface area contributed by atoms with Crippen LogP contribution in [-0.4, -0.2) is 56.5 Å². The first-order chi connectivity index (χ1) is 15.3. The van der Waals surface area contributed by atoms with Crippen molar-refractivity contribution in [1.82, 2.24) is 9.88 Å². The van der Waals surface area contributed by atoms with E-state index in [1.54, 1.807) is 12.0 Å². The summed E-state index contributed by atoms with van der Waals surface area (Å²) >= 11 is 0. The molecule has 3 aromatic rings. The second kappa shape index (κ2) is 8.86. The average molecular weight is 457 g/mol. The van der Waals surface area contributed by atoms with E-state index in [-0.39, 0.29) is 11.9 Å². The number of H-pyrrole nitrogens is 1. The van der Waals surface area contributed by atoms with E-state index < -0.39 is 15.6 Å². The first-order valence-corrected chi connectivity index (χ1v) is 12.7. The molecule has 0 spiro atoms. The Bertz CT molecular complexity index is 1250. The molecule has 0 saturated heterocycles. The van der Waals surface area contributed by atoms with Gasteiger partial charge in [-0.05, 0) is 54.7 Å². The van der Waals surface area contributed by atoms with Gasteiger partial charge in [0.2, 0.25) is 5.91 Å². The maximum Gasteiger partial charge on any atom is 0.238 e. The number of benzene rings is 2. The average Bonchev–Trinajstić information content (AvgIpc) is 3.15. The number of hydrogen-bond acceptors (Lipinski definition) is 5. The Labute approximate surface area is 188 Å². The van der Waals surface area contributed by atoms with Gasteiger partial charge >= 0.3 is 0 Å². The first-order valence-electron chi connectivity index (χ1n) is 10.7. The van der Waals surface area contributed by atoms with Gasteiger partial charge in [0, 0.05) is 29.9 Å². The third-order valence-corrected chi connectivity index (χ3v) is 6.65. The highest BCUT2D eigenvalue weighted by atomic mass is 32.2. The van der Waals surface area contributed by atoms with Crippen molar-refractivity contribution in [3.63, 3.8) is 0 Å². The number of methoxy groups -OCH3 is 1. The first kappa shape index (κ1) is 22.2. The molecular formula is C24H28N2O5S. The number of aromatic nitrogens is 1. The van der Waals surface area contributed by atoms with Crippen LogP contribution < -0.4 is 9.47 Å². The Morgan fingerprint density at radius 1 is 1.22 bits per heavy atom. The van der Waals surface area contributed by atoms with Crippen LogP contribution in [0.4, 0.5) is 0 Å². The van der Waals surface area contributed by atoms with Crippen LogP contribution in [0.15, 0.2) is 42.6 Å². The molecule has 2 aromatic carbocycles. The lowest BCUT2D eigenvalue weighted by atomic mass is 9.88. The molecule has 8 heteroatoms. The van der Waals surface area contributed by atoms with Gasteiger partial charge in [0.05, 0.1) is 19.8 Å². The summed E-state index contributed by atoms with van der Waals surface area (Å²) in [5.41, 5.74) is 4.15. The second-order valence-corrected chi connectivity index (χ2v) is 10.3. The summed E-state index contributed by atoms with van der Waals surface area (Å²) in [4.78, 5) is 18.0. The Hall–Kier alpha value is -3.00. The predicted molar refractivity (Wildman–Crippen MR) is 124 cm³/mol. The Morgan fingerprint density at radius 3 is 2.72 bits per heavy atom. The number of fused-ring (bicyclic) bond motifs is 2. The SMILES string of the molecule is CCOc1cc2c(cc1OC)CCN(C(=O)CS(C)(=O)=O)[C@@H]2Cc1c[nH]c2ccccc12. The Kier molecular flexibility index (Phi) is 6.15. The fraction of sp³-hybridized carbons (Fsp3) is 0.375. The molecular weight excluding hydrogens is 428 g/mol. The zero-order valence-corrected chi connectivity index (χ0v) is 19.4. The van der Waals surface area contributed by atoms with E-state index in [0.29, 0.717) is 37.5 Å². The molecule has 32 heavy (non-hydrogen) atoms. The van der Waals surface area contributed by atoms with Gasteiger partial charge in [-0.3, -0.25) is 4.79 Å². The van der Waals surface area contributed by atoms with Crippen molar-refractivity contribution in [2.24, 2.45) is 0 Å². The largest absolute Gasteiger partial charge is 0.493 e. The zero-order chi connectivity index (χ0) is 22.9. The lowest BCUT2D eigenvalue weighted by Gasteiger charge is -2.38. The minimum absolute atomic E-state index is 0.308. The van der Waals surface area contributed by atoms with Crippen LogP contribution in [0.3, 0.4) is 0 Å². The van der Waals surface area contributed by atoms with E-state index in [9.17, 15) is 13.2 Å². The van der Waals surface area contributed by atoms with Gasteiger partial charge in [-0.2, -0.15) is 0 Å². The van der Waals surface area contributed by atoms with Crippen molar-refractivity contribution < 1.29 is 22.7 Å². The van der Waals surface area contributed by atoms with Gasteiger partial charge in [-0.15, -0.1) is 0 Å². The molecule has 4 rings (SSSR count). The molecule has 1 aliphatic heterocycles. The molecule has 2 heterocycles. The van der Waals surface area contributed by atoms with Crippen LogP contribution in [0.25, 0.3) is 10.9 Å². The molecule has 0 radical (unpaired) electrons. The summed E-state index contributed by atoms with van der Waals surface area (Å²) in [5.74, 6) is 0.403. The monoisotopic (exact) mass is 456 g/mol. The number of carbonyl (C=O) groups excluding carboxylic acids is 1. The molecule has 0 bridgehead atoms. The van der Waals surface area contributed by atoms with Gasteiger partial charge in [0.25, 0.3) is 0 Å². The maximum atomic E-state index is 13.0. The molecule has 1 aromatic heterocycles. The predicted octanol–water partition coefficient (Wildman–Crippen LogP) is 3.29. The third-order valence-electron chi connectivity index (χ3n) is 5.88. The van der Waals surface area contributed by atoms with Gasteiger partial charge in [-0.25, -0.2) is 8.42 Å². The molecule has 1 N–H and O–H groups in total. The van der Waals surface area contributed by atoms with Crippen molar-refractivity contribution in [1.29, 1.82) is 0 Å². The van der Waals surface area contributed by atoms with Crippen LogP contribution in [-0.2, 0) is 27.5 Å². The lowest BCUT2D eigenvalue weighted by Crippen LogP contribution is -2.43. The van der Waals surface area contributed by atoms with Gasteiger partial charge in [0.1, 0.15) is 5.75 Å². The van der Waals surface area contributed by atoms with E-state index in [1.165, 1.54) is 0 Å². The van der Waals surface area contributed by atoms with Crippen LogP contribution in [0.1, 0.15) is 29.7 Å². The summed E-state index contributed by atoms with van der Waals surface area (Å²) < 4.78 is 35.0. The Balaban J connectivity index is 1.80. The minimum Gasteiger partial charge on any atom is -0.493 e. The smallest absolute Gasteiger partial charge is 0.238 e. The van der Waals surface area contributed by atoms with Gasteiger partial charge in [0.15, 0.2) is 21.3 Å². The summed E-state index contributed by atoms with van der Waals surface area (Å²) in [6.07, 6.45) is 4.24. The number of rotatable bonds is 7. The minimum atomic E-state index is -3.44. The maximum absolute atomic E-state index is 13.0. The van der Waals surface area contributed by atoms with E-state index >= 15 is 0 Å². The van der Waals surface area contributed by atoms with Crippen LogP contribution in [0.2, 0.25) is 0 Å². The summed E-state index contributed by atoms with van der Waals surface area (Å²) in [5, 5.41) is 1.09. The molecule has 170 valence electrons.